The van der Waals surface area contributed by atoms with Crippen LogP contribution in [-0.2, 0) is 11.2 Å². The molecule has 0 radical (unpaired) electrons. The quantitative estimate of drug-likeness (QED) is 0.889. The first-order chi connectivity index (χ1) is 9.20. The topological polar surface area (TPSA) is 21.3 Å². The van der Waals surface area contributed by atoms with Crippen LogP contribution in [0.1, 0.15) is 25.3 Å². The number of ether oxygens (including phenoxy) is 1. The molecule has 0 spiro atoms. The Morgan fingerprint density at radius 1 is 1.37 bits per heavy atom. The van der Waals surface area contributed by atoms with E-state index in [9.17, 15) is 0 Å². The molecule has 1 aliphatic heterocycles. The fourth-order valence-electron chi connectivity index (χ4n) is 2.57. The average Bonchev–Trinajstić information content (AvgIpc) is 2.41. The molecule has 0 bridgehead atoms. The standard InChI is InChI=1S/C15H21Cl2NO/c1-2-6-18-15-5-7-19-10-12(15)8-11-3-4-13(16)9-14(11)17/h3-4,9,12,15,18H,2,5-8,10H2,1H3. The highest BCUT2D eigenvalue weighted by Crippen LogP contribution is 2.26. The first-order valence-corrected chi connectivity index (χ1v) is 7.71. The summed E-state index contributed by atoms with van der Waals surface area (Å²) < 4.78 is 5.62. The molecule has 19 heavy (non-hydrogen) atoms. The minimum Gasteiger partial charge on any atom is -0.381 e. The summed E-state index contributed by atoms with van der Waals surface area (Å²) in [6.45, 7) is 4.92. The largest absolute Gasteiger partial charge is 0.381 e. The van der Waals surface area contributed by atoms with Crippen molar-refractivity contribution in [2.24, 2.45) is 5.92 Å². The van der Waals surface area contributed by atoms with Crippen LogP contribution < -0.4 is 5.32 Å². The molecule has 0 amide bonds. The van der Waals surface area contributed by atoms with E-state index < -0.39 is 0 Å². The van der Waals surface area contributed by atoms with Crippen molar-refractivity contribution in [1.29, 1.82) is 0 Å². The number of hydrogen-bond acceptors (Lipinski definition) is 2. The monoisotopic (exact) mass is 301 g/mol. The number of hydrogen-bond donors (Lipinski definition) is 1. The number of halogens is 2. The summed E-state index contributed by atoms with van der Waals surface area (Å²) in [5.74, 6) is 0.485. The summed E-state index contributed by atoms with van der Waals surface area (Å²) in [7, 11) is 0. The highest BCUT2D eigenvalue weighted by Gasteiger charge is 2.25. The molecule has 1 saturated heterocycles. The van der Waals surface area contributed by atoms with Crippen molar-refractivity contribution in [3.05, 3.63) is 33.8 Å². The summed E-state index contributed by atoms with van der Waals surface area (Å²) in [6.07, 6.45) is 3.18. The Kier molecular flexibility index (Phi) is 5.96. The Hall–Kier alpha value is -0.280. The summed E-state index contributed by atoms with van der Waals surface area (Å²) >= 11 is 12.2. The van der Waals surface area contributed by atoms with Crippen molar-refractivity contribution < 1.29 is 4.74 Å². The molecule has 2 rings (SSSR count). The highest BCUT2D eigenvalue weighted by molar-refractivity contribution is 6.35. The molecule has 106 valence electrons. The van der Waals surface area contributed by atoms with Crippen molar-refractivity contribution in [3.8, 4) is 0 Å². The summed E-state index contributed by atoms with van der Waals surface area (Å²) in [6, 6.07) is 6.27. The molecule has 2 unspecified atom stereocenters. The molecule has 2 atom stereocenters. The Morgan fingerprint density at radius 3 is 2.95 bits per heavy atom. The van der Waals surface area contributed by atoms with Crippen LogP contribution in [0.3, 0.4) is 0 Å². The molecule has 0 aliphatic carbocycles. The Labute approximate surface area is 125 Å². The number of nitrogens with one attached hydrogen (secondary N) is 1. The molecule has 1 aliphatic rings. The maximum Gasteiger partial charge on any atom is 0.0512 e. The van der Waals surface area contributed by atoms with Gasteiger partial charge in [0.25, 0.3) is 0 Å². The van der Waals surface area contributed by atoms with E-state index in [0.29, 0.717) is 17.0 Å². The molecule has 1 aromatic carbocycles. The lowest BCUT2D eigenvalue weighted by atomic mass is 9.89. The van der Waals surface area contributed by atoms with E-state index in [1.807, 2.05) is 18.2 Å². The second-order valence-corrected chi connectivity index (χ2v) is 5.97. The van der Waals surface area contributed by atoms with Crippen molar-refractivity contribution in [1.82, 2.24) is 5.32 Å². The molecule has 0 aromatic heterocycles. The predicted molar refractivity (Wildman–Crippen MR) is 81.2 cm³/mol. The zero-order valence-electron chi connectivity index (χ0n) is 11.3. The molecule has 1 N–H and O–H groups in total. The minimum absolute atomic E-state index is 0.485. The normalized spacial score (nSPS) is 23.5. The van der Waals surface area contributed by atoms with Gasteiger partial charge in [0.2, 0.25) is 0 Å². The van der Waals surface area contributed by atoms with E-state index in [0.717, 1.165) is 49.6 Å². The zero-order valence-corrected chi connectivity index (χ0v) is 12.8. The van der Waals surface area contributed by atoms with Crippen LogP contribution in [0.25, 0.3) is 0 Å². The first-order valence-electron chi connectivity index (χ1n) is 6.95. The zero-order chi connectivity index (χ0) is 13.7. The third-order valence-electron chi connectivity index (χ3n) is 3.63. The van der Waals surface area contributed by atoms with Gasteiger partial charge in [-0.15, -0.1) is 0 Å². The van der Waals surface area contributed by atoms with Crippen LogP contribution in [0.2, 0.25) is 10.0 Å². The maximum absolute atomic E-state index is 6.26. The summed E-state index contributed by atoms with van der Waals surface area (Å²) in [5.41, 5.74) is 1.16. The van der Waals surface area contributed by atoms with Gasteiger partial charge in [0, 0.05) is 28.6 Å². The van der Waals surface area contributed by atoms with Gasteiger partial charge in [-0.3, -0.25) is 0 Å². The smallest absolute Gasteiger partial charge is 0.0512 e. The third-order valence-corrected chi connectivity index (χ3v) is 4.21. The summed E-state index contributed by atoms with van der Waals surface area (Å²) in [4.78, 5) is 0. The molecule has 1 fully saturated rings. The molecule has 0 saturated carbocycles. The second-order valence-electron chi connectivity index (χ2n) is 5.12. The van der Waals surface area contributed by atoms with E-state index in [-0.39, 0.29) is 0 Å². The Morgan fingerprint density at radius 2 is 2.21 bits per heavy atom. The van der Waals surface area contributed by atoms with Gasteiger partial charge in [-0.2, -0.15) is 0 Å². The van der Waals surface area contributed by atoms with Crippen molar-refractivity contribution in [2.75, 3.05) is 19.8 Å². The lowest BCUT2D eigenvalue weighted by Crippen LogP contribution is -2.44. The Bertz CT molecular complexity index is 411. The van der Waals surface area contributed by atoms with Gasteiger partial charge >= 0.3 is 0 Å². The number of benzene rings is 1. The average molecular weight is 302 g/mol. The minimum atomic E-state index is 0.485. The molecule has 4 heteroatoms. The third kappa shape index (κ3) is 4.35. The van der Waals surface area contributed by atoms with Crippen LogP contribution in [0.4, 0.5) is 0 Å². The van der Waals surface area contributed by atoms with Crippen LogP contribution in [0, 0.1) is 5.92 Å². The lowest BCUT2D eigenvalue weighted by Gasteiger charge is -2.32. The van der Waals surface area contributed by atoms with Gasteiger partial charge in [-0.1, -0.05) is 36.2 Å². The van der Waals surface area contributed by atoms with Crippen LogP contribution in [0.15, 0.2) is 18.2 Å². The van der Waals surface area contributed by atoms with Crippen molar-refractivity contribution >= 4 is 23.2 Å². The first kappa shape index (κ1) is 15.1. The van der Waals surface area contributed by atoms with Crippen molar-refractivity contribution in [2.45, 2.75) is 32.2 Å². The van der Waals surface area contributed by atoms with Crippen molar-refractivity contribution in [3.63, 3.8) is 0 Å². The van der Waals surface area contributed by atoms with E-state index in [1.54, 1.807) is 0 Å². The van der Waals surface area contributed by atoms with E-state index in [4.69, 9.17) is 27.9 Å². The van der Waals surface area contributed by atoms with E-state index in [1.165, 1.54) is 0 Å². The van der Waals surface area contributed by atoms with E-state index in [2.05, 4.69) is 12.2 Å². The fourth-order valence-corrected chi connectivity index (χ4v) is 3.05. The molecule has 1 aromatic rings. The predicted octanol–water partition coefficient (Wildman–Crippen LogP) is 3.94. The van der Waals surface area contributed by atoms with Crippen LogP contribution in [-0.4, -0.2) is 25.8 Å². The second kappa shape index (κ2) is 7.49. The van der Waals surface area contributed by atoms with Gasteiger partial charge in [-0.05, 0) is 43.5 Å². The van der Waals surface area contributed by atoms with Crippen LogP contribution >= 0.6 is 23.2 Å². The van der Waals surface area contributed by atoms with Gasteiger partial charge in [0.1, 0.15) is 0 Å². The van der Waals surface area contributed by atoms with Gasteiger partial charge in [-0.25, -0.2) is 0 Å². The molecular formula is C15H21Cl2NO. The van der Waals surface area contributed by atoms with Gasteiger partial charge < -0.3 is 10.1 Å². The lowest BCUT2D eigenvalue weighted by molar-refractivity contribution is 0.0323. The molecular weight excluding hydrogens is 281 g/mol. The molecule has 2 nitrogen and oxygen atoms in total. The number of rotatable bonds is 5. The molecule has 1 heterocycles. The van der Waals surface area contributed by atoms with Gasteiger partial charge in [0.05, 0.1) is 6.61 Å². The SMILES string of the molecule is CCCNC1CCOCC1Cc1ccc(Cl)cc1Cl. The van der Waals surface area contributed by atoms with Gasteiger partial charge in [0.15, 0.2) is 0 Å². The van der Waals surface area contributed by atoms with Crippen LogP contribution in [0.5, 0.6) is 0 Å². The van der Waals surface area contributed by atoms with E-state index >= 15 is 0 Å². The maximum atomic E-state index is 6.26. The summed E-state index contributed by atoms with van der Waals surface area (Å²) in [5, 5.41) is 5.07. The highest BCUT2D eigenvalue weighted by atomic mass is 35.5. The Balaban J connectivity index is 2.02. The fraction of sp³-hybridized carbons (Fsp3) is 0.600.